The summed E-state index contributed by atoms with van der Waals surface area (Å²) in [6.07, 6.45) is 10.1. The summed E-state index contributed by atoms with van der Waals surface area (Å²) in [5, 5.41) is 8.49. The van der Waals surface area contributed by atoms with Crippen molar-refractivity contribution in [2.24, 2.45) is 0 Å². The zero-order chi connectivity index (χ0) is 16.7. The number of hydrogen-bond donors (Lipinski definition) is 0. The van der Waals surface area contributed by atoms with Crippen LogP contribution in [0.1, 0.15) is 31.6 Å². The lowest BCUT2D eigenvalue weighted by Gasteiger charge is -2.44. The third-order valence-corrected chi connectivity index (χ3v) is 5.41. The lowest BCUT2D eigenvalue weighted by atomic mass is 9.73. The molecule has 0 N–H and O–H groups in total. The first-order valence-electron chi connectivity index (χ1n) is 8.85. The fourth-order valence-electron chi connectivity index (χ4n) is 4.19. The predicted molar refractivity (Wildman–Crippen MR) is 91.2 cm³/mol. The van der Waals surface area contributed by atoms with Gasteiger partial charge in [-0.25, -0.2) is 4.68 Å². The summed E-state index contributed by atoms with van der Waals surface area (Å²) >= 11 is 0. The summed E-state index contributed by atoms with van der Waals surface area (Å²) in [5.74, 6) is 1.33. The molecular formula is C18H20N6O. The number of rotatable bonds is 3. The molecule has 0 amide bonds. The second-order valence-corrected chi connectivity index (χ2v) is 7.04. The molecule has 0 radical (unpaired) electrons. The van der Waals surface area contributed by atoms with Gasteiger partial charge in [0.05, 0.1) is 11.1 Å². The van der Waals surface area contributed by atoms with E-state index in [-0.39, 0.29) is 5.41 Å². The van der Waals surface area contributed by atoms with Crippen LogP contribution in [0.2, 0.25) is 0 Å². The molecule has 0 saturated carbocycles. The van der Waals surface area contributed by atoms with Gasteiger partial charge >= 0.3 is 0 Å². The van der Waals surface area contributed by atoms with Gasteiger partial charge in [0.15, 0.2) is 0 Å². The van der Waals surface area contributed by atoms with Crippen LogP contribution in [0.4, 0.5) is 0 Å². The average Bonchev–Trinajstić information content (AvgIpc) is 3.34. The molecule has 2 aliphatic heterocycles. The molecule has 0 aliphatic carbocycles. The Morgan fingerprint density at radius 2 is 2.00 bits per heavy atom. The Bertz CT molecular complexity index is 861. The quantitative estimate of drug-likeness (QED) is 0.731. The summed E-state index contributed by atoms with van der Waals surface area (Å²) in [6, 6.07) is 5.74. The Kier molecular flexibility index (Phi) is 3.41. The highest BCUT2D eigenvalue weighted by atomic mass is 16.5. The maximum Gasteiger partial charge on any atom is 0.234 e. The van der Waals surface area contributed by atoms with E-state index >= 15 is 0 Å². The van der Waals surface area contributed by atoms with Crippen molar-refractivity contribution in [3.63, 3.8) is 0 Å². The first-order chi connectivity index (χ1) is 12.3. The Morgan fingerprint density at radius 1 is 1.12 bits per heavy atom. The van der Waals surface area contributed by atoms with Gasteiger partial charge in [-0.2, -0.15) is 10.1 Å². The third kappa shape index (κ3) is 2.55. The number of nitrogens with zero attached hydrogens (tertiary/aromatic N) is 6. The molecular weight excluding hydrogens is 316 g/mol. The molecule has 128 valence electrons. The van der Waals surface area contributed by atoms with E-state index in [1.165, 1.54) is 25.9 Å². The smallest absolute Gasteiger partial charge is 0.234 e. The molecule has 25 heavy (non-hydrogen) atoms. The highest BCUT2D eigenvalue weighted by Gasteiger charge is 2.44. The minimum Gasteiger partial charge on any atom is -0.338 e. The van der Waals surface area contributed by atoms with Gasteiger partial charge in [-0.05, 0) is 57.0 Å². The van der Waals surface area contributed by atoms with Crippen LogP contribution >= 0.6 is 0 Å². The van der Waals surface area contributed by atoms with E-state index in [9.17, 15) is 0 Å². The summed E-state index contributed by atoms with van der Waals surface area (Å²) in [6.45, 7) is 3.42. The molecule has 0 atom stereocenters. The largest absolute Gasteiger partial charge is 0.338 e. The number of aromatic nitrogens is 5. The summed E-state index contributed by atoms with van der Waals surface area (Å²) < 4.78 is 7.51. The van der Waals surface area contributed by atoms with E-state index in [2.05, 4.69) is 20.1 Å². The van der Waals surface area contributed by atoms with Crippen LogP contribution in [-0.2, 0) is 5.41 Å². The first kappa shape index (κ1) is 14.8. The summed E-state index contributed by atoms with van der Waals surface area (Å²) in [7, 11) is 0. The second kappa shape index (κ2) is 5.77. The normalized spacial score (nSPS) is 25.8. The van der Waals surface area contributed by atoms with Crippen molar-refractivity contribution in [1.29, 1.82) is 0 Å². The Hall–Kier alpha value is -2.54. The highest BCUT2D eigenvalue weighted by molar-refractivity contribution is 5.52. The topological polar surface area (TPSA) is 72.9 Å². The van der Waals surface area contributed by atoms with Crippen molar-refractivity contribution in [3.8, 4) is 17.2 Å². The van der Waals surface area contributed by atoms with Crippen molar-refractivity contribution in [2.75, 3.05) is 19.6 Å². The molecule has 7 nitrogen and oxygen atoms in total. The van der Waals surface area contributed by atoms with Gasteiger partial charge in [-0.3, -0.25) is 4.98 Å². The molecule has 7 heteroatoms. The van der Waals surface area contributed by atoms with Crippen LogP contribution in [0, 0.1) is 0 Å². The van der Waals surface area contributed by atoms with Crippen molar-refractivity contribution in [3.05, 3.63) is 42.7 Å². The maximum absolute atomic E-state index is 5.72. The Morgan fingerprint density at radius 3 is 2.80 bits per heavy atom. The molecule has 5 rings (SSSR count). The standard InChI is InChI=1S/C18H20N6O/c1-5-18(6-2-10-23(9-1)13-18)17-21-16(22-25-17)15-12-14(4-8-19-15)24-11-3-7-20-24/h3-4,7-8,11-12H,1-2,5-6,9-10,13H2. The first-order valence-corrected chi connectivity index (χ1v) is 8.85. The lowest BCUT2D eigenvalue weighted by molar-refractivity contribution is 0.0711. The van der Waals surface area contributed by atoms with E-state index in [1.54, 1.807) is 17.1 Å². The van der Waals surface area contributed by atoms with Gasteiger partial charge in [-0.1, -0.05) is 5.16 Å². The van der Waals surface area contributed by atoms with Gasteiger partial charge in [-0.15, -0.1) is 0 Å². The number of hydrogen-bond acceptors (Lipinski definition) is 6. The fraction of sp³-hybridized carbons (Fsp3) is 0.444. The molecule has 2 saturated heterocycles. The molecule has 0 spiro atoms. The Labute approximate surface area is 145 Å². The molecule has 2 bridgehead atoms. The number of pyridine rings is 1. The van der Waals surface area contributed by atoms with Crippen LogP contribution in [0.25, 0.3) is 17.2 Å². The van der Waals surface area contributed by atoms with Crippen LogP contribution in [0.5, 0.6) is 0 Å². The number of fused-ring (bicyclic) bond motifs is 2. The van der Waals surface area contributed by atoms with E-state index < -0.39 is 0 Å². The lowest BCUT2D eigenvalue weighted by Crippen LogP contribution is -2.50. The highest BCUT2D eigenvalue weighted by Crippen LogP contribution is 2.40. The van der Waals surface area contributed by atoms with Crippen molar-refractivity contribution >= 4 is 0 Å². The zero-order valence-corrected chi connectivity index (χ0v) is 14.0. The molecule has 3 aromatic rings. The van der Waals surface area contributed by atoms with Gasteiger partial charge in [0.25, 0.3) is 0 Å². The van der Waals surface area contributed by atoms with Gasteiger partial charge in [0.1, 0.15) is 5.69 Å². The minimum absolute atomic E-state index is 0.0291. The SMILES string of the molecule is c1cnn(-c2ccnc(-c3noc(C45CCCN(CCC4)C5)n3)c2)c1. The monoisotopic (exact) mass is 336 g/mol. The molecule has 3 aromatic heterocycles. The van der Waals surface area contributed by atoms with Crippen LogP contribution in [-0.4, -0.2) is 49.4 Å². The zero-order valence-electron chi connectivity index (χ0n) is 14.0. The van der Waals surface area contributed by atoms with Crippen LogP contribution < -0.4 is 0 Å². The van der Waals surface area contributed by atoms with Gasteiger partial charge in [0, 0.05) is 25.1 Å². The maximum atomic E-state index is 5.72. The third-order valence-electron chi connectivity index (χ3n) is 5.41. The summed E-state index contributed by atoms with van der Waals surface area (Å²) in [5.41, 5.74) is 1.67. The average molecular weight is 336 g/mol. The van der Waals surface area contributed by atoms with Crippen LogP contribution in [0.3, 0.4) is 0 Å². The van der Waals surface area contributed by atoms with E-state index in [1.807, 2.05) is 24.4 Å². The van der Waals surface area contributed by atoms with Gasteiger partial charge < -0.3 is 9.42 Å². The fourth-order valence-corrected chi connectivity index (χ4v) is 4.19. The van der Waals surface area contributed by atoms with Crippen molar-refractivity contribution in [1.82, 2.24) is 29.8 Å². The van der Waals surface area contributed by atoms with Gasteiger partial charge in [0.2, 0.25) is 11.7 Å². The molecule has 2 fully saturated rings. The van der Waals surface area contributed by atoms with Crippen molar-refractivity contribution in [2.45, 2.75) is 31.1 Å². The number of piperidine rings is 2. The molecule has 0 aromatic carbocycles. The van der Waals surface area contributed by atoms with E-state index in [0.29, 0.717) is 11.5 Å². The molecule has 2 aliphatic rings. The predicted octanol–water partition coefficient (Wildman–Crippen LogP) is 2.44. The molecule has 5 heterocycles. The van der Waals surface area contributed by atoms with Crippen molar-refractivity contribution < 1.29 is 4.52 Å². The second-order valence-electron chi connectivity index (χ2n) is 7.04. The summed E-state index contributed by atoms with van der Waals surface area (Å²) in [4.78, 5) is 11.7. The van der Waals surface area contributed by atoms with E-state index in [0.717, 1.165) is 31.0 Å². The van der Waals surface area contributed by atoms with E-state index in [4.69, 9.17) is 9.51 Å². The molecule has 0 unspecified atom stereocenters. The Balaban J connectivity index is 1.48. The minimum atomic E-state index is 0.0291. The van der Waals surface area contributed by atoms with Crippen LogP contribution in [0.15, 0.2) is 41.3 Å².